The first kappa shape index (κ1) is 13.1. The summed E-state index contributed by atoms with van der Waals surface area (Å²) < 4.78 is 5.17. The summed E-state index contributed by atoms with van der Waals surface area (Å²) in [4.78, 5) is 14.2. The van der Waals surface area contributed by atoms with Crippen molar-refractivity contribution in [1.82, 2.24) is 4.98 Å². The van der Waals surface area contributed by atoms with Crippen LogP contribution in [0.15, 0.2) is 28.9 Å². The number of halogens is 1. The molecular formula is C12H12BrNO4. The van der Waals surface area contributed by atoms with Crippen molar-refractivity contribution < 1.29 is 19.7 Å². The molecule has 0 saturated carbocycles. The lowest BCUT2D eigenvalue weighted by Crippen LogP contribution is -2.28. The monoisotopic (exact) mass is 313 g/mol. The number of hydrogen-bond donors (Lipinski definition) is 3. The maximum Gasteiger partial charge on any atom is 0.337 e. The zero-order valence-corrected chi connectivity index (χ0v) is 11.1. The number of aromatic nitrogens is 1. The maximum atomic E-state index is 11.2. The Hall–Kier alpha value is -1.37. The number of aromatic amines is 1. The number of aliphatic hydroxyl groups excluding tert-OH is 2. The number of rotatable bonds is 3. The van der Waals surface area contributed by atoms with Crippen molar-refractivity contribution in [3.63, 3.8) is 0 Å². The molecule has 18 heavy (non-hydrogen) atoms. The first-order valence-electron chi connectivity index (χ1n) is 5.25. The molecule has 0 fully saturated rings. The number of methoxy groups -OCH3 is 1. The van der Waals surface area contributed by atoms with Crippen molar-refractivity contribution >= 4 is 32.8 Å². The maximum absolute atomic E-state index is 11.2. The molecule has 5 nitrogen and oxygen atoms in total. The molecule has 0 aliphatic carbocycles. The van der Waals surface area contributed by atoms with Crippen LogP contribution in [0.25, 0.3) is 10.9 Å². The van der Waals surface area contributed by atoms with Gasteiger partial charge in [0.2, 0.25) is 0 Å². The second-order valence-corrected chi connectivity index (χ2v) is 4.67. The largest absolute Gasteiger partial charge is 0.467 e. The van der Waals surface area contributed by atoms with Crippen LogP contribution in [0, 0.1) is 0 Å². The number of fused-ring (bicyclic) bond motifs is 1. The number of hydrogen-bond acceptors (Lipinski definition) is 4. The lowest BCUT2D eigenvalue weighted by molar-refractivity contribution is -0.156. The van der Waals surface area contributed by atoms with Gasteiger partial charge in [-0.05, 0) is 12.1 Å². The lowest BCUT2D eigenvalue weighted by atomic mass is 10.0. The van der Waals surface area contributed by atoms with Crippen LogP contribution < -0.4 is 0 Å². The van der Waals surface area contributed by atoms with Crippen LogP contribution in [-0.4, -0.2) is 34.4 Å². The van der Waals surface area contributed by atoms with Crippen molar-refractivity contribution in [2.45, 2.75) is 12.2 Å². The highest BCUT2D eigenvalue weighted by molar-refractivity contribution is 9.10. The molecule has 0 radical (unpaired) electrons. The predicted molar refractivity (Wildman–Crippen MR) is 69.0 cm³/mol. The van der Waals surface area contributed by atoms with Crippen LogP contribution in [0.1, 0.15) is 11.7 Å². The highest BCUT2D eigenvalue weighted by atomic mass is 79.9. The van der Waals surface area contributed by atoms with Gasteiger partial charge in [-0.2, -0.15) is 0 Å². The van der Waals surface area contributed by atoms with Crippen molar-refractivity contribution in [2.24, 2.45) is 0 Å². The van der Waals surface area contributed by atoms with Gasteiger partial charge in [0.25, 0.3) is 0 Å². The van der Waals surface area contributed by atoms with E-state index in [2.05, 4.69) is 25.7 Å². The number of esters is 1. The Morgan fingerprint density at radius 1 is 1.44 bits per heavy atom. The van der Waals surface area contributed by atoms with Crippen LogP contribution in [0.3, 0.4) is 0 Å². The topological polar surface area (TPSA) is 82.6 Å². The molecule has 2 unspecified atom stereocenters. The fourth-order valence-electron chi connectivity index (χ4n) is 1.82. The van der Waals surface area contributed by atoms with E-state index in [-0.39, 0.29) is 0 Å². The Morgan fingerprint density at radius 2 is 2.17 bits per heavy atom. The summed E-state index contributed by atoms with van der Waals surface area (Å²) in [7, 11) is 1.16. The first-order valence-corrected chi connectivity index (χ1v) is 6.05. The molecule has 0 spiro atoms. The molecule has 0 amide bonds. The van der Waals surface area contributed by atoms with Crippen molar-refractivity contribution in [2.75, 3.05) is 7.11 Å². The van der Waals surface area contributed by atoms with E-state index in [1.54, 1.807) is 6.20 Å². The minimum Gasteiger partial charge on any atom is -0.467 e. The lowest BCUT2D eigenvalue weighted by Gasteiger charge is -2.15. The van der Waals surface area contributed by atoms with Crippen LogP contribution in [-0.2, 0) is 9.53 Å². The molecule has 6 heteroatoms. The number of H-pyrrole nitrogens is 1. The second kappa shape index (κ2) is 5.09. The van der Waals surface area contributed by atoms with E-state index >= 15 is 0 Å². The van der Waals surface area contributed by atoms with Crippen molar-refractivity contribution in [1.29, 1.82) is 0 Å². The molecule has 0 aliphatic rings. The summed E-state index contributed by atoms with van der Waals surface area (Å²) in [6.07, 6.45) is -1.39. The molecule has 3 N–H and O–H groups in total. The smallest absolute Gasteiger partial charge is 0.337 e. The summed E-state index contributed by atoms with van der Waals surface area (Å²) in [5, 5.41) is 20.4. The normalized spacial score (nSPS) is 14.4. The summed E-state index contributed by atoms with van der Waals surface area (Å²) in [5.74, 6) is -0.871. The molecule has 1 heterocycles. The molecule has 1 aromatic heterocycles. The summed E-state index contributed by atoms with van der Waals surface area (Å²) in [6, 6.07) is 5.49. The van der Waals surface area contributed by atoms with Gasteiger partial charge in [-0.15, -0.1) is 0 Å². The SMILES string of the molecule is COC(=O)C(O)C(O)c1c[nH]c2cccc(Br)c12. The van der Waals surface area contributed by atoms with Gasteiger partial charge in [0.05, 0.1) is 7.11 Å². The molecular weight excluding hydrogens is 302 g/mol. The second-order valence-electron chi connectivity index (χ2n) is 3.82. The molecule has 0 aliphatic heterocycles. The minimum absolute atomic E-state index is 0.440. The average Bonchev–Trinajstić information content (AvgIpc) is 2.81. The third-order valence-corrected chi connectivity index (χ3v) is 3.41. The van der Waals surface area contributed by atoms with Crippen LogP contribution >= 0.6 is 15.9 Å². The highest BCUT2D eigenvalue weighted by Crippen LogP contribution is 2.32. The highest BCUT2D eigenvalue weighted by Gasteiger charge is 2.28. The zero-order valence-electron chi connectivity index (χ0n) is 9.55. The van der Waals surface area contributed by atoms with Crippen LogP contribution in [0.5, 0.6) is 0 Å². The Kier molecular flexibility index (Phi) is 3.70. The van der Waals surface area contributed by atoms with E-state index in [1.807, 2.05) is 18.2 Å². The molecule has 2 aromatic rings. The molecule has 2 rings (SSSR count). The molecule has 0 saturated heterocycles. The third-order valence-electron chi connectivity index (χ3n) is 2.75. The first-order chi connectivity index (χ1) is 8.56. The number of aliphatic hydroxyl groups is 2. The Labute approximate surface area is 112 Å². The minimum atomic E-state index is -1.61. The Balaban J connectivity index is 2.45. The standard InChI is InChI=1S/C12H12BrNO4/c1-18-12(17)11(16)10(15)6-5-14-8-4-2-3-7(13)9(6)8/h2-5,10-11,14-16H,1H3. The average molecular weight is 314 g/mol. The van der Waals surface area contributed by atoms with E-state index in [1.165, 1.54) is 0 Å². The Bertz CT molecular complexity index is 580. The summed E-state index contributed by atoms with van der Waals surface area (Å²) in [6.45, 7) is 0. The number of ether oxygens (including phenoxy) is 1. The third kappa shape index (κ3) is 2.14. The van der Waals surface area contributed by atoms with Gasteiger partial charge in [0.1, 0.15) is 6.10 Å². The van der Waals surface area contributed by atoms with Gasteiger partial charge < -0.3 is 19.9 Å². The number of carbonyl (C=O) groups is 1. The van der Waals surface area contributed by atoms with E-state index < -0.39 is 18.2 Å². The Morgan fingerprint density at radius 3 is 2.83 bits per heavy atom. The van der Waals surface area contributed by atoms with E-state index in [9.17, 15) is 15.0 Å². The summed E-state index contributed by atoms with van der Waals surface area (Å²) >= 11 is 3.37. The zero-order chi connectivity index (χ0) is 13.3. The fourth-order valence-corrected chi connectivity index (χ4v) is 2.41. The fraction of sp³-hybridized carbons (Fsp3) is 0.250. The number of benzene rings is 1. The van der Waals surface area contributed by atoms with Crippen molar-refractivity contribution in [3.05, 3.63) is 34.4 Å². The quantitative estimate of drug-likeness (QED) is 0.750. The number of carbonyl (C=O) groups excluding carboxylic acids is 1. The van der Waals surface area contributed by atoms with Crippen LogP contribution in [0.2, 0.25) is 0 Å². The summed E-state index contributed by atoms with van der Waals surface area (Å²) in [5.41, 5.74) is 1.24. The van der Waals surface area contributed by atoms with Gasteiger partial charge in [0.15, 0.2) is 6.10 Å². The molecule has 2 atom stereocenters. The number of nitrogens with one attached hydrogen (secondary N) is 1. The van der Waals surface area contributed by atoms with Gasteiger partial charge >= 0.3 is 5.97 Å². The molecule has 1 aromatic carbocycles. The van der Waals surface area contributed by atoms with E-state index in [4.69, 9.17) is 0 Å². The van der Waals surface area contributed by atoms with E-state index in [0.29, 0.717) is 5.56 Å². The van der Waals surface area contributed by atoms with Gasteiger partial charge in [-0.3, -0.25) is 0 Å². The van der Waals surface area contributed by atoms with Gasteiger partial charge in [0, 0.05) is 27.1 Å². The van der Waals surface area contributed by atoms with Crippen molar-refractivity contribution in [3.8, 4) is 0 Å². The molecule has 96 valence electrons. The van der Waals surface area contributed by atoms with Gasteiger partial charge in [-0.1, -0.05) is 22.0 Å². The van der Waals surface area contributed by atoms with Gasteiger partial charge in [-0.25, -0.2) is 4.79 Å². The van der Waals surface area contributed by atoms with E-state index in [0.717, 1.165) is 22.5 Å². The predicted octanol–water partition coefficient (Wildman–Crippen LogP) is 1.50. The van der Waals surface area contributed by atoms with Crippen LogP contribution in [0.4, 0.5) is 0 Å². The molecule has 0 bridgehead atoms.